The zero-order chi connectivity index (χ0) is 11.3. The average molecular weight is 235 g/mol. The summed E-state index contributed by atoms with van der Waals surface area (Å²) in [5.41, 5.74) is 0. The lowest BCUT2D eigenvalue weighted by Crippen LogP contribution is -2.40. The topological polar surface area (TPSA) is 55.4 Å². The number of hydrogen-bond acceptors (Lipinski definition) is 4. The van der Waals surface area contributed by atoms with Crippen LogP contribution in [-0.2, 0) is 14.6 Å². The second-order valence-corrected chi connectivity index (χ2v) is 6.30. The van der Waals surface area contributed by atoms with Gasteiger partial charge in [0.15, 0.2) is 9.84 Å². The van der Waals surface area contributed by atoms with E-state index in [1.54, 1.807) is 0 Å². The summed E-state index contributed by atoms with van der Waals surface area (Å²) in [6, 6.07) is 0. The van der Waals surface area contributed by atoms with E-state index in [4.69, 9.17) is 4.74 Å². The molecule has 1 aliphatic heterocycles. The van der Waals surface area contributed by atoms with Crippen molar-refractivity contribution >= 4 is 9.84 Å². The monoisotopic (exact) mass is 235 g/mol. The molecule has 4 nitrogen and oxygen atoms in total. The van der Waals surface area contributed by atoms with Crippen molar-refractivity contribution in [3.05, 3.63) is 0 Å². The first-order valence-electron chi connectivity index (χ1n) is 5.55. The van der Waals surface area contributed by atoms with Gasteiger partial charge in [0, 0.05) is 19.1 Å². The zero-order valence-electron chi connectivity index (χ0n) is 9.53. The largest absolute Gasteiger partial charge is 0.377 e. The fourth-order valence-corrected chi connectivity index (χ4v) is 3.94. The normalized spacial score (nSPS) is 27.5. The van der Waals surface area contributed by atoms with Gasteiger partial charge in [-0.1, -0.05) is 0 Å². The maximum Gasteiger partial charge on any atom is 0.150 e. The third-order valence-corrected chi connectivity index (χ3v) is 4.66. The van der Waals surface area contributed by atoms with E-state index in [0.29, 0.717) is 18.1 Å². The lowest BCUT2D eigenvalue weighted by molar-refractivity contribution is 0.0242. The van der Waals surface area contributed by atoms with E-state index in [1.165, 1.54) is 0 Å². The summed E-state index contributed by atoms with van der Waals surface area (Å²) < 4.78 is 28.6. The van der Waals surface area contributed by atoms with Crippen molar-refractivity contribution in [1.82, 2.24) is 5.32 Å². The Bertz CT molecular complexity index is 270. The standard InChI is InChI=1S/C10H21NO3S/c1-3-14-10(7-11-2)9-5-4-6-15(12,13)8-9/h9-11H,3-8H2,1-2H3. The predicted octanol–water partition coefficient (Wildman–Crippen LogP) is 0.436. The fourth-order valence-electron chi connectivity index (χ4n) is 2.13. The maximum absolute atomic E-state index is 11.5. The number of sulfone groups is 1. The third-order valence-electron chi connectivity index (χ3n) is 2.81. The minimum absolute atomic E-state index is 0.0371. The van der Waals surface area contributed by atoms with Crippen LogP contribution in [0.4, 0.5) is 0 Å². The molecular weight excluding hydrogens is 214 g/mol. The van der Waals surface area contributed by atoms with Gasteiger partial charge in [-0.15, -0.1) is 0 Å². The minimum Gasteiger partial charge on any atom is -0.377 e. The van der Waals surface area contributed by atoms with Gasteiger partial charge in [0.1, 0.15) is 0 Å². The van der Waals surface area contributed by atoms with Gasteiger partial charge in [-0.25, -0.2) is 8.42 Å². The van der Waals surface area contributed by atoms with Crippen LogP contribution in [0.5, 0.6) is 0 Å². The number of likely N-dealkylation sites (N-methyl/N-ethyl adjacent to an activating group) is 1. The molecule has 0 aliphatic carbocycles. The number of rotatable bonds is 5. The molecule has 0 aromatic carbocycles. The first-order chi connectivity index (χ1) is 7.09. The van der Waals surface area contributed by atoms with Crippen LogP contribution in [0.3, 0.4) is 0 Å². The molecule has 90 valence electrons. The first kappa shape index (κ1) is 12.9. The Morgan fingerprint density at radius 2 is 2.27 bits per heavy atom. The molecule has 0 bridgehead atoms. The summed E-state index contributed by atoms with van der Waals surface area (Å²) >= 11 is 0. The van der Waals surface area contributed by atoms with Crippen LogP contribution in [0.2, 0.25) is 0 Å². The molecule has 2 unspecified atom stereocenters. The molecule has 1 rings (SSSR count). The number of hydrogen-bond donors (Lipinski definition) is 1. The molecule has 1 fully saturated rings. The van der Waals surface area contributed by atoms with Gasteiger partial charge in [-0.05, 0) is 26.8 Å². The van der Waals surface area contributed by atoms with Crippen LogP contribution in [0.15, 0.2) is 0 Å². The summed E-state index contributed by atoms with van der Waals surface area (Å²) in [7, 11) is -0.957. The Morgan fingerprint density at radius 1 is 1.53 bits per heavy atom. The van der Waals surface area contributed by atoms with Gasteiger partial charge in [0.05, 0.1) is 17.6 Å². The van der Waals surface area contributed by atoms with Crippen molar-refractivity contribution in [3.8, 4) is 0 Å². The predicted molar refractivity (Wildman–Crippen MR) is 60.7 cm³/mol. The molecule has 0 aromatic rings. The van der Waals surface area contributed by atoms with Crippen molar-refractivity contribution < 1.29 is 13.2 Å². The third kappa shape index (κ3) is 4.09. The summed E-state index contributed by atoms with van der Waals surface area (Å²) in [6.45, 7) is 3.32. The molecule has 1 aliphatic rings. The quantitative estimate of drug-likeness (QED) is 0.751. The van der Waals surface area contributed by atoms with E-state index in [0.717, 1.165) is 19.4 Å². The van der Waals surface area contributed by atoms with E-state index in [9.17, 15) is 8.42 Å². The van der Waals surface area contributed by atoms with Crippen molar-refractivity contribution in [3.63, 3.8) is 0 Å². The van der Waals surface area contributed by atoms with Gasteiger partial charge >= 0.3 is 0 Å². The van der Waals surface area contributed by atoms with Crippen LogP contribution in [0.25, 0.3) is 0 Å². The summed E-state index contributed by atoms with van der Waals surface area (Å²) in [5, 5.41) is 3.06. The van der Waals surface area contributed by atoms with Gasteiger partial charge < -0.3 is 10.1 Å². The van der Waals surface area contributed by atoms with Crippen molar-refractivity contribution in [2.24, 2.45) is 5.92 Å². The van der Waals surface area contributed by atoms with Crippen LogP contribution in [-0.4, -0.2) is 46.2 Å². The van der Waals surface area contributed by atoms with Crippen molar-refractivity contribution in [2.45, 2.75) is 25.9 Å². The van der Waals surface area contributed by atoms with Gasteiger partial charge in [-0.3, -0.25) is 0 Å². The van der Waals surface area contributed by atoms with Crippen LogP contribution < -0.4 is 5.32 Å². The van der Waals surface area contributed by atoms with Gasteiger partial charge in [0.25, 0.3) is 0 Å². The highest BCUT2D eigenvalue weighted by molar-refractivity contribution is 7.91. The number of nitrogens with one attached hydrogen (secondary N) is 1. The molecule has 2 atom stereocenters. The summed E-state index contributed by atoms with van der Waals surface area (Å²) in [6.07, 6.45) is 1.78. The van der Waals surface area contributed by atoms with Crippen molar-refractivity contribution in [2.75, 3.05) is 31.7 Å². The molecule has 15 heavy (non-hydrogen) atoms. The Balaban J connectivity index is 2.58. The molecule has 1 N–H and O–H groups in total. The van der Waals surface area contributed by atoms with Gasteiger partial charge in [0.2, 0.25) is 0 Å². The molecule has 0 aromatic heterocycles. The summed E-state index contributed by atoms with van der Waals surface area (Å²) in [5.74, 6) is 0.803. The lowest BCUT2D eigenvalue weighted by Gasteiger charge is -2.29. The maximum atomic E-state index is 11.5. The minimum atomic E-state index is -2.82. The Hall–Kier alpha value is -0.130. The second-order valence-electron chi connectivity index (χ2n) is 4.07. The van der Waals surface area contributed by atoms with Crippen LogP contribution in [0, 0.1) is 5.92 Å². The van der Waals surface area contributed by atoms with Crippen LogP contribution >= 0.6 is 0 Å². The second kappa shape index (κ2) is 5.82. The highest BCUT2D eigenvalue weighted by Gasteiger charge is 2.30. The van der Waals surface area contributed by atoms with Gasteiger partial charge in [-0.2, -0.15) is 0 Å². The van der Waals surface area contributed by atoms with E-state index < -0.39 is 9.84 Å². The number of ether oxygens (including phenoxy) is 1. The Kier molecular flexibility index (Phi) is 5.02. The molecule has 0 amide bonds. The van der Waals surface area contributed by atoms with E-state index in [2.05, 4.69) is 5.32 Å². The smallest absolute Gasteiger partial charge is 0.150 e. The SMILES string of the molecule is CCOC(CNC)C1CCCS(=O)(=O)C1. The zero-order valence-corrected chi connectivity index (χ0v) is 10.3. The van der Waals surface area contributed by atoms with E-state index in [1.807, 2.05) is 14.0 Å². The van der Waals surface area contributed by atoms with E-state index >= 15 is 0 Å². The highest BCUT2D eigenvalue weighted by Crippen LogP contribution is 2.23. The highest BCUT2D eigenvalue weighted by atomic mass is 32.2. The molecule has 5 heteroatoms. The molecule has 0 saturated carbocycles. The van der Waals surface area contributed by atoms with E-state index in [-0.39, 0.29) is 12.0 Å². The first-order valence-corrected chi connectivity index (χ1v) is 7.38. The van der Waals surface area contributed by atoms with Crippen molar-refractivity contribution in [1.29, 1.82) is 0 Å². The molecule has 1 saturated heterocycles. The molecule has 0 spiro atoms. The molecule has 0 radical (unpaired) electrons. The molecule has 1 heterocycles. The Morgan fingerprint density at radius 3 is 2.80 bits per heavy atom. The lowest BCUT2D eigenvalue weighted by atomic mass is 9.98. The fraction of sp³-hybridized carbons (Fsp3) is 1.00. The Labute approximate surface area is 92.3 Å². The summed E-state index contributed by atoms with van der Waals surface area (Å²) in [4.78, 5) is 0. The van der Waals surface area contributed by atoms with Crippen LogP contribution in [0.1, 0.15) is 19.8 Å². The molecular formula is C10H21NO3S. The average Bonchev–Trinajstić information content (AvgIpc) is 2.16.